The fourth-order valence-corrected chi connectivity index (χ4v) is 2.36. The average molecular weight is 263 g/mol. The quantitative estimate of drug-likeness (QED) is 0.576. The summed E-state index contributed by atoms with van der Waals surface area (Å²) < 4.78 is 26.7. The van der Waals surface area contributed by atoms with E-state index >= 15 is 0 Å². The Hall–Kier alpha value is -1.45. The number of aryl methyl sites for hydroxylation is 1. The molecule has 9 heteroatoms. The number of nitrogens with zero attached hydrogens (tertiary/aromatic N) is 2. The number of nitrogens with one attached hydrogen (secondary N) is 1. The lowest BCUT2D eigenvalue weighted by atomic mass is 10.2. The summed E-state index contributed by atoms with van der Waals surface area (Å²) in [5.41, 5.74) is 0. The van der Waals surface area contributed by atoms with E-state index < -0.39 is 28.6 Å². The number of aliphatic hydroxyl groups excluding tert-OH is 1. The van der Waals surface area contributed by atoms with E-state index in [9.17, 15) is 13.2 Å². The van der Waals surface area contributed by atoms with Crippen LogP contribution in [-0.2, 0) is 21.9 Å². The van der Waals surface area contributed by atoms with Crippen LogP contribution in [0.3, 0.4) is 0 Å². The highest BCUT2D eigenvalue weighted by Crippen LogP contribution is 2.08. The minimum absolute atomic E-state index is 0.121. The number of aliphatic hydroxyl groups is 1. The molecule has 0 aliphatic rings. The number of rotatable bonds is 6. The molecule has 0 fully saturated rings. The van der Waals surface area contributed by atoms with Crippen molar-refractivity contribution < 1.29 is 23.4 Å². The van der Waals surface area contributed by atoms with Crippen LogP contribution in [-0.4, -0.2) is 47.0 Å². The fourth-order valence-electron chi connectivity index (χ4n) is 1.15. The van der Waals surface area contributed by atoms with Gasteiger partial charge in [0.25, 0.3) is 0 Å². The van der Waals surface area contributed by atoms with E-state index in [4.69, 9.17) is 10.2 Å². The van der Waals surface area contributed by atoms with Crippen molar-refractivity contribution in [2.45, 2.75) is 17.4 Å². The minimum Gasteiger partial charge on any atom is -0.480 e. The molecule has 0 aromatic carbocycles. The molecule has 1 atom stereocenters. The molecule has 96 valence electrons. The second-order valence-corrected chi connectivity index (χ2v) is 5.09. The Bertz CT molecular complexity index is 495. The lowest BCUT2D eigenvalue weighted by molar-refractivity contribution is -0.139. The molecule has 0 amide bonds. The highest BCUT2D eigenvalue weighted by Gasteiger charge is 2.25. The normalized spacial score (nSPS) is 13.5. The highest BCUT2D eigenvalue weighted by atomic mass is 32.2. The van der Waals surface area contributed by atoms with E-state index in [0.29, 0.717) is 0 Å². The first-order chi connectivity index (χ1) is 7.86. The molecule has 8 nitrogen and oxygen atoms in total. The summed E-state index contributed by atoms with van der Waals surface area (Å²) in [6.45, 7) is -0.424. The van der Waals surface area contributed by atoms with E-state index in [2.05, 4.69) is 5.10 Å². The zero-order chi connectivity index (χ0) is 13.1. The van der Waals surface area contributed by atoms with Gasteiger partial charge in [-0.2, -0.15) is 9.82 Å². The maximum absolute atomic E-state index is 11.7. The predicted octanol–water partition coefficient (Wildman–Crippen LogP) is -1.47. The Labute approximate surface area is 97.9 Å². The standard InChI is InChI=1S/C8H13N3O5S/c1-11-5-6(4-9-11)17(15,16)10-7(2-3-12)8(13)14/h4-5,7,10,12H,2-3H2,1H3,(H,13,14)/t7-/m0/s1. The predicted molar refractivity (Wildman–Crippen MR) is 56.7 cm³/mol. The van der Waals surface area contributed by atoms with Gasteiger partial charge in [-0.1, -0.05) is 0 Å². The lowest BCUT2D eigenvalue weighted by Gasteiger charge is -2.12. The molecule has 1 rings (SSSR count). The first-order valence-corrected chi connectivity index (χ1v) is 6.20. The summed E-state index contributed by atoms with van der Waals surface area (Å²) in [4.78, 5) is 10.6. The van der Waals surface area contributed by atoms with Gasteiger partial charge in [0.2, 0.25) is 10.0 Å². The van der Waals surface area contributed by atoms with Crippen LogP contribution in [0.1, 0.15) is 6.42 Å². The third-order valence-electron chi connectivity index (χ3n) is 2.00. The summed E-state index contributed by atoms with van der Waals surface area (Å²) in [6.07, 6.45) is 2.16. The number of carbonyl (C=O) groups is 1. The molecule has 0 spiro atoms. The molecule has 1 aromatic rings. The fraction of sp³-hybridized carbons (Fsp3) is 0.500. The van der Waals surface area contributed by atoms with E-state index in [0.717, 1.165) is 6.20 Å². The second kappa shape index (κ2) is 5.25. The van der Waals surface area contributed by atoms with Crippen molar-refractivity contribution >= 4 is 16.0 Å². The first kappa shape index (κ1) is 13.6. The molecule has 17 heavy (non-hydrogen) atoms. The molecule has 0 saturated carbocycles. The summed E-state index contributed by atoms with van der Waals surface area (Å²) in [7, 11) is -2.39. The van der Waals surface area contributed by atoms with Crippen LogP contribution >= 0.6 is 0 Å². The largest absolute Gasteiger partial charge is 0.480 e. The summed E-state index contributed by atoms with van der Waals surface area (Å²) in [5, 5.41) is 21.1. The van der Waals surface area contributed by atoms with Gasteiger partial charge in [-0.25, -0.2) is 8.42 Å². The van der Waals surface area contributed by atoms with Crippen molar-refractivity contribution in [1.82, 2.24) is 14.5 Å². The Morgan fingerprint density at radius 2 is 2.29 bits per heavy atom. The Balaban J connectivity index is 2.88. The maximum atomic E-state index is 11.7. The van der Waals surface area contributed by atoms with Crippen molar-refractivity contribution in [3.05, 3.63) is 12.4 Å². The van der Waals surface area contributed by atoms with Crippen molar-refractivity contribution in [2.75, 3.05) is 6.61 Å². The smallest absolute Gasteiger partial charge is 0.321 e. The molecular formula is C8H13N3O5S. The Morgan fingerprint density at radius 1 is 1.65 bits per heavy atom. The van der Waals surface area contributed by atoms with E-state index in [1.807, 2.05) is 4.72 Å². The van der Waals surface area contributed by atoms with Gasteiger partial charge in [-0.3, -0.25) is 9.48 Å². The van der Waals surface area contributed by atoms with Gasteiger partial charge in [-0.05, 0) is 6.42 Å². The molecule has 0 aliphatic heterocycles. The Kier molecular flexibility index (Phi) is 4.21. The van der Waals surface area contributed by atoms with Gasteiger partial charge in [0.05, 0.1) is 6.20 Å². The molecule has 0 aliphatic carbocycles. The van der Waals surface area contributed by atoms with Crippen LogP contribution in [0, 0.1) is 0 Å². The van der Waals surface area contributed by atoms with Crippen LogP contribution in [0.2, 0.25) is 0 Å². The van der Waals surface area contributed by atoms with Gasteiger partial charge in [0.15, 0.2) is 0 Å². The van der Waals surface area contributed by atoms with Crippen LogP contribution in [0.25, 0.3) is 0 Å². The highest BCUT2D eigenvalue weighted by molar-refractivity contribution is 7.89. The van der Waals surface area contributed by atoms with Crippen molar-refractivity contribution in [3.8, 4) is 0 Å². The van der Waals surface area contributed by atoms with Crippen molar-refractivity contribution in [1.29, 1.82) is 0 Å². The second-order valence-electron chi connectivity index (χ2n) is 3.37. The van der Waals surface area contributed by atoms with Gasteiger partial charge < -0.3 is 10.2 Å². The van der Waals surface area contributed by atoms with E-state index in [-0.39, 0.29) is 11.3 Å². The molecule has 1 heterocycles. The number of aliphatic carboxylic acids is 1. The minimum atomic E-state index is -3.93. The molecule has 0 radical (unpaired) electrons. The molecule has 0 unspecified atom stereocenters. The summed E-state index contributed by atoms with van der Waals surface area (Å²) in [5.74, 6) is -1.34. The van der Waals surface area contributed by atoms with Crippen LogP contribution in [0.5, 0.6) is 0 Å². The molecule has 0 bridgehead atoms. The van der Waals surface area contributed by atoms with Crippen LogP contribution < -0.4 is 4.72 Å². The molecule has 3 N–H and O–H groups in total. The van der Waals surface area contributed by atoms with Gasteiger partial charge in [0, 0.05) is 19.9 Å². The first-order valence-electron chi connectivity index (χ1n) is 4.71. The van der Waals surface area contributed by atoms with Crippen molar-refractivity contribution in [2.24, 2.45) is 7.05 Å². The Morgan fingerprint density at radius 3 is 2.71 bits per heavy atom. The number of hydrogen-bond acceptors (Lipinski definition) is 5. The number of sulfonamides is 1. The zero-order valence-corrected chi connectivity index (χ0v) is 9.88. The molecule has 0 saturated heterocycles. The van der Waals surface area contributed by atoms with E-state index in [1.54, 1.807) is 7.05 Å². The number of carboxylic acids is 1. The molecule has 1 aromatic heterocycles. The average Bonchev–Trinajstić information content (AvgIpc) is 2.64. The SMILES string of the molecule is Cn1cc(S(=O)(=O)N[C@@H](CCO)C(=O)O)cn1. The van der Waals surface area contributed by atoms with Gasteiger partial charge >= 0.3 is 5.97 Å². The summed E-state index contributed by atoms with van der Waals surface area (Å²) >= 11 is 0. The van der Waals surface area contributed by atoms with Gasteiger partial charge in [0.1, 0.15) is 10.9 Å². The lowest BCUT2D eigenvalue weighted by Crippen LogP contribution is -2.41. The maximum Gasteiger partial charge on any atom is 0.321 e. The zero-order valence-electron chi connectivity index (χ0n) is 9.07. The topological polar surface area (TPSA) is 122 Å². The molecular weight excluding hydrogens is 250 g/mol. The van der Waals surface area contributed by atoms with Crippen LogP contribution in [0.15, 0.2) is 17.3 Å². The third-order valence-corrected chi connectivity index (χ3v) is 3.43. The number of aromatic nitrogens is 2. The van der Waals surface area contributed by atoms with Gasteiger partial charge in [-0.15, -0.1) is 0 Å². The van der Waals surface area contributed by atoms with E-state index in [1.165, 1.54) is 10.9 Å². The number of carboxylic acid groups (broad SMARTS) is 1. The van der Waals surface area contributed by atoms with Crippen LogP contribution in [0.4, 0.5) is 0 Å². The monoisotopic (exact) mass is 263 g/mol. The summed E-state index contributed by atoms with van der Waals surface area (Å²) in [6, 6.07) is -1.36. The third kappa shape index (κ3) is 3.51. The number of hydrogen-bond donors (Lipinski definition) is 3. The van der Waals surface area contributed by atoms with Crippen molar-refractivity contribution in [3.63, 3.8) is 0 Å².